The molecule has 0 aromatic heterocycles. The maximum atomic E-state index is 8.81. The third-order valence-electron chi connectivity index (χ3n) is 2.39. The quantitative estimate of drug-likeness (QED) is 0.687. The smallest absolute Gasteiger partial charge is 0.0449 e. The highest BCUT2D eigenvalue weighted by atomic mass is 16.3. The molecule has 1 aromatic rings. The molecule has 1 aliphatic heterocycles. The predicted octanol–water partition coefficient (Wildman–Crippen LogP) is 1.21. The highest BCUT2D eigenvalue weighted by Gasteiger charge is 2.19. The molecule has 12 heavy (non-hydrogen) atoms. The lowest BCUT2D eigenvalue weighted by atomic mass is 10.0. The first-order valence-corrected chi connectivity index (χ1v) is 4.34. The second-order valence-electron chi connectivity index (χ2n) is 3.14. The van der Waals surface area contributed by atoms with Crippen molar-refractivity contribution in [2.45, 2.75) is 19.0 Å². The molecule has 0 saturated heterocycles. The van der Waals surface area contributed by atoms with Gasteiger partial charge in [-0.25, -0.2) is 0 Å². The zero-order valence-corrected chi connectivity index (χ0v) is 6.96. The van der Waals surface area contributed by atoms with E-state index < -0.39 is 0 Å². The van der Waals surface area contributed by atoms with Gasteiger partial charge in [-0.3, -0.25) is 0 Å². The van der Waals surface area contributed by atoms with Gasteiger partial charge >= 0.3 is 0 Å². The van der Waals surface area contributed by atoms with Crippen LogP contribution in [0.1, 0.15) is 23.6 Å². The summed E-state index contributed by atoms with van der Waals surface area (Å²) in [5.74, 6) is 0. The van der Waals surface area contributed by atoms with Gasteiger partial charge in [0.1, 0.15) is 0 Å². The molecule has 1 aliphatic rings. The Morgan fingerprint density at radius 3 is 3.08 bits per heavy atom. The van der Waals surface area contributed by atoms with Gasteiger partial charge in [-0.15, -0.1) is 0 Å². The molecule has 0 aliphatic carbocycles. The summed E-state index contributed by atoms with van der Waals surface area (Å²) in [5.41, 5.74) is 2.72. The van der Waals surface area contributed by atoms with E-state index in [1.807, 2.05) is 0 Å². The van der Waals surface area contributed by atoms with E-state index in [1.165, 1.54) is 11.1 Å². The Labute approximate surface area is 72.2 Å². The number of hydrogen-bond acceptors (Lipinski definition) is 2. The lowest BCUT2D eigenvalue weighted by Crippen LogP contribution is -2.13. The summed E-state index contributed by atoms with van der Waals surface area (Å²) in [7, 11) is 0. The molecule has 0 bridgehead atoms. The van der Waals surface area contributed by atoms with E-state index in [4.69, 9.17) is 5.11 Å². The molecule has 2 N–H and O–H groups in total. The van der Waals surface area contributed by atoms with E-state index in [0.29, 0.717) is 6.04 Å². The summed E-state index contributed by atoms with van der Waals surface area (Å²) >= 11 is 0. The maximum Gasteiger partial charge on any atom is 0.0449 e. The van der Waals surface area contributed by atoms with Crippen LogP contribution in [0.15, 0.2) is 24.3 Å². The van der Waals surface area contributed by atoms with Crippen molar-refractivity contribution in [1.82, 2.24) is 5.32 Å². The highest BCUT2D eigenvalue weighted by molar-refractivity contribution is 5.33. The summed E-state index contributed by atoms with van der Waals surface area (Å²) in [6.07, 6.45) is 0.816. The monoisotopic (exact) mass is 163 g/mol. The topological polar surface area (TPSA) is 32.3 Å². The van der Waals surface area contributed by atoms with Gasteiger partial charge in [0, 0.05) is 19.2 Å². The Morgan fingerprint density at radius 1 is 1.42 bits per heavy atom. The number of fused-ring (bicyclic) bond motifs is 1. The van der Waals surface area contributed by atoms with Gasteiger partial charge in [-0.2, -0.15) is 0 Å². The van der Waals surface area contributed by atoms with Gasteiger partial charge < -0.3 is 10.4 Å². The van der Waals surface area contributed by atoms with Crippen LogP contribution in [0.3, 0.4) is 0 Å². The molecule has 0 saturated carbocycles. The number of hydrogen-bond donors (Lipinski definition) is 2. The predicted molar refractivity (Wildman–Crippen MR) is 47.7 cm³/mol. The Bertz CT molecular complexity index is 270. The zero-order valence-electron chi connectivity index (χ0n) is 6.96. The van der Waals surface area contributed by atoms with Gasteiger partial charge in [-0.1, -0.05) is 24.3 Å². The van der Waals surface area contributed by atoms with Crippen LogP contribution in [0.5, 0.6) is 0 Å². The maximum absolute atomic E-state index is 8.81. The van der Waals surface area contributed by atoms with Crippen molar-refractivity contribution >= 4 is 0 Å². The van der Waals surface area contributed by atoms with Crippen LogP contribution >= 0.6 is 0 Å². The van der Waals surface area contributed by atoms with Crippen molar-refractivity contribution in [1.29, 1.82) is 0 Å². The molecule has 0 fully saturated rings. The zero-order chi connectivity index (χ0) is 8.39. The number of benzene rings is 1. The van der Waals surface area contributed by atoms with Gasteiger partial charge in [-0.05, 0) is 17.5 Å². The Hall–Kier alpha value is -0.860. The third-order valence-corrected chi connectivity index (χ3v) is 2.39. The molecule has 0 radical (unpaired) electrons. The first-order chi connectivity index (χ1) is 5.92. The molecule has 64 valence electrons. The Morgan fingerprint density at radius 2 is 2.25 bits per heavy atom. The Balaban J connectivity index is 2.24. The van der Waals surface area contributed by atoms with E-state index in [0.717, 1.165) is 13.0 Å². The lowest BCUT2D eigenvalue weighted by molar-refractivity contribution is 0.269. The minimum Gasteiger partial charge on any atom is -0.396 e. The fraction of sp³-hybridized carbons (Fsp3) is 0.400. The molecule has 2 nitrogen and oxygen atoms in total. The average Bonchev–Trinajstić information content (AvgIpc) is 2.50. The van der Waals surface area contributed by atoms with E-state index in [1.54, 1.807) is 0 Å². The lowest BCUT2D eigenvalue weighted by Gasteiger charge is -2.08. The fourth-order valence-corrected chi connectivity index (χ4v) is 1.76. The van der Waals surface area contributed by atoms with E-state index in [-0.39, 0.29) is 6.61 Å². The highest BCUT2D eigenvalue weighted by Crippen LogP contribution is 2.26. The summed E-state index contributed by atoms with van der Waals surface area (Å²) < 4.78 is 0. The van der Waals surface area contributed by atoms with Crippen LogP contribution in [0.25, 0.3) is 0 Å². The van der Waals surface area contributed by atoms with Crippen molar-refractivity contribution in [3.8, 4) is 0 Å². The van der Waals surface area contributed by atoms with E-state index in [2.05, 4.69) is 29.6 Å². The minimum atomic E-state index is 0.256. The van der Waals surface area contributed by atoms with Gasteiger partial charge in [0.05, 0.1) is 0 Å². The number of rotatable bonds is 2. The van der Waals surface area contributed by atoms with Crippen LogP contribution in [0.4, 0.5) is 0 Å². The summed E-state index contributed by atoms with van der Waals surface area (Å²) in [5, 5.41) is 12.2. The van der Waals surface area contributed by atoms with Gasteiger partial charge in [0.15, 0.2) is 0 Å². The molecule has 2 rings (SSSR count). The van der Waals surface area contributed by atoms with Crippen LogP contribution in [-0.2, 0) is 6.54 Å². The van der Waals surface area contributed by atoms with Crippen LogP contribution < -0.4 is 5.32 Å². The van der Waals surface area contributed by atoms with Crippen LogP contribution in [-0.4, -0.2) is 11.7 Å². The fourth-order valence-electron chi connectivity index (χ4n) is 1.76. The number of nitrogens with one attached hydrogen (secondary N) is 1. The first-order valence-electron chi connectivity index (χ1n) is 4.34. The molecule has 2 heteroatoms. The van der Waals surface area contributed by atoms with Crippen molar-refractivity contribution in [2.75, 3.05) is 6.61 Å². The van der Waals surface area contributed by atoms with Crippen molar-refractivity contribution < 1.29 is 5.11 Å². The van der Waals surface area contributed by atoms with Crippen LogP contribution in [0, 0.1) is 0 Å². The normalized spacial score (nSPS) is 20.9. The summed E-state index contributed by atoms with van der Waals surface area (Å²) in [6.45, 7) is 1.20. The molecule has 0 spiro atoms. The van der Waals surface area contributed by atoms with Crippen molar-refractivity contribution in [2.24, 2.45) is 0 Å². The van der Waals surface area contributed by atoms with Crippen molar-refractivity contribution in [3.63, 3.8) is 0 Å². The molecule has 0 amide bonds. The molecular weight excluding hydrogens is 150 g/mol. The molecule has 1 atom stereocenters. The third kappa shape index (κ3) is 1.24. The molecule has 1 aromatic carbocycles. The van der Waals surface area contributed by atoms with Gasteiger partial charge in [0.25, 0.3) is 0 Å². The number of aliphatic hydroxyl groups excluding tert-OH is 1. The summed E-state index contributed by atoms with van der Waals surface area (Å²) in [6, 6.07) is 8.75. The first kappa shape index (κ1) is 7.77. The van der Waals surface area contributed by atoms with Crippen LogP contribution in [0.2, 0.25) is 0 Å². The number of aliphatic hydroxyl groups is 1. The minimum absolute atomic E-state index is 0.256. The SMILES string of the molecule is OCC[C@@H]1NCc2ccccc21. The second kappa shape index (κ2) is 3.25. The molecule has 0 unspecified atom stereocenters. The second-order valence-corrected chi connectivity index (χ2v) is 3.14. The molecular formula is C10H13NO. The van der Waals surface area contributed by atoms with Crippen molar-refractivity contribution in [3.05, 3.63) is 35.4 Å². The standard InChI is InChI=1S/C10H13NO/c12-6-5-10-9-4-2-1-3-8(9)7-11-10/h1-4,10-12H,5-7H2/t10-/m0/s1. The van der Waals surface area contributed by atoms with E-state index >= 15 is 0 Å². The van der Waals surface area contributed by atoms with Gasteiger partial charge in [0.2, 0.25) is 0 Å². The Kier molecular flexibility index (Phi) is 2.11. The average molecular weight is 163 g/mol. The van der Waals surface area contributed by atoms with E-state index in [9.17, 15) is 0 Å². The largest absolute Gasteiger partial charge is 0.396 e. The molecule has 1 heterocycles. The summed E-state index contributed by atoms with van der Waals surface area (Å²) in [4.78, 5) is 0.